The van der Waals surface area contributed by atoms with Gasteiger partial charge in [0.2, 0.25) is 5.91 Å². The van der Waals surface area contributed by atoms with E-state index in [1.54, 1.807) is 16.2 Å². The van der Waals surface area contributed by atoms with Gasteiger partial charge >= 0.3 is 12.1 Å². The second-order valence-electron chi connectivity index (χ2n) is 6.95. The van der Waals surface area contributed by atoms with E-state index >= 15 is 0 Å². The lowest BCUT2D eigenvalue weighted by Crippen LogP contribution is -2.52. The van der Waals surface area contributed by atoms with Crippen LogP contribution in [0.25, 0.3) is 0 Å². The van der Waals surface area contributed by atoms with Crippen molar-refractivity contribution in [3.8, 4) is 0 Å². The molecule has 144 valence electrons. The molecule has 3 heterocycles. The highest BCUT2D eigenvalue weighted by Gasteiger charge is 2.48. The summed E-state index contributed by atoms with van der Waals surface area (Å²) in [6.45, 7) is 4.97. The first-order valence-electron chi connectivity index (χ1n) is 8.79. The van der Waals surface area contributed by atoms with Gasteiger partial charge in [0.15, 0.2) is 0 Å². The van der Waals surface area contributed by atoms with Crippen molar-refractivity contribution in [3.05, 3.63) is 15.6 Å². The zero-order chi connectivity index (χ0) is 19.1. The molecule has 2 aliphatic rings. The highest BCUT2D eigenvalue weighted by Crippen LogP contribution is 2.33. The third-order valence-corrected chi connectivity index (χ3v) is 6.48. The number of rotatable bonds is 2. The highest BCUT2D eigenvalue weighted by molar-refractivity contribution is 7.11. The number of carbonyl (C=O) groups is 2. The van der Waals surface area contributed by atoms with E-state index in [2.05, 4.69) is 4.98 Å². The van der Waals surface area contributed by atoms with E-state index in [0.29, 0.717) is 30.8 Å². The fraction of sp³-hybridized carbons (Fsp3) is 0.706. The van der Waals surface area contributed by atoms with Crippen LogP contribution in [0.5, 0.6) is 0 Å². The topological polar surface area (TPSA) is 53.5 Å². The van der Waals surface area contributed by atoms with Crippen LogP contribution < -0.4 is 0 Å². The van der Waals surface area contributed by atoms with Crippen LogP contribution in [0.15, 0.2) is 0 Å². The van der Waals surface area contributed by atoms with Crippen molar-refractivity contribution in [1.82, 2.24) is 14.8 Å². The lowest BCUT2D eigenvalue weighted by molar-refractivity contribution is -0.187. The maximum atomic E-state index is 12.7. The van der Waals surface area contributed by atoms with Crippen molar-refractivity contribution < 1.29 is 22.8 Å². The van der Waals surface area contributed by atoms with Crippen LogP contribution in [0.2, 0.25) is 0 Å². The Labute approximate surface area is 154 Å². The number of aromatic nitrogens is 1. The Morgan fingerprint density at radius 1 is 1.12 bits per heavy atom. The van der Waals surface area contributed by atoms with E-state index in [-0.39, 0.29) is 18.4 Å². The minimum atomic E-state index is -4.93. The largest absolute Gasteiger partial charge is 0.471 e. The van der Waals surface area contributed by atoms with Crippen molar-refractivity contribution in [1.29, 1.82) is 0 Å². The Kier molecular flexibility index (Phi) is 5.28. The van der Waals surface area contributed by atoms with Gasteiger partial charge < -0.3 is 9.80 Å². The first-order chi connectivity index (χ1) is 12.2. The van der Waals surface area contributed by atoms with Gasteiger partial charge in [-0.2, -0.15) is 13.2 Å². The number of thiazole rings is 1. The molecule has 0 aliphatic carbocycles. The minimum Gasteiger partial charge on any atom is -0.341 e. The average molecular weight is 389 g/mol. The SMILES string of the molecule is Cc1nc(C2CCN(C(=O)C3CCCN3C(=O)C(F)(F)F)CC2)sc1C. The summed E-state index contributed by atoms with van der Waals surface area (Å²) in [6, 6.07) is -0.981. The monoisotopic (exact) mass is 389 g/mol. The van der Waals surface area contributed by atoms with Crippen molar-refractivity contribution >= 4 is 23.2 Å². The molecule has 0 saturated carbocycles. The first-order valence-corrected chi connectivity index (χ1v) is 9.60. The third-order valence-electron chi connectivity index (χ3n) is 5.24. The van der Waals surface area contributed by atoms with Crippen LogP contribution in [0.4, 0.5) is 13.2 Å². The minimum absolute atomic E-state index is 0.0110. The molecule has 0 aromatic carbocycles. The molecule has 1 unspecified atom stereocenters. The van der Waals surface area contributed by atoms with Crippen molar-refractivity contribution in [2.24, 2.45) is 0 Å². The summed E-state index contributed by atoms with van der Waals surface area (Å²) < 4.78 is 38.2. The van der Waals surface area contributed by atoms with Crippen LogP contribution in [-0.2, 0) is 9.59 Å². The highest BCUT2D eigenvalue weighted by atomic mass is 32.1. The molecule has 0 spiro atoms. The molecule has 9 heteroatoms. The third kappa shape index (κ3) is 3.72. The fourth-order valence-corrected chi connectivity index (χ4v) is 4.75. The number of hydrogen-bond acceptors (Lipinski definition) is 4. The second kappa shape index (κ2) is 7.17. The van der Waals surface area contributed by atoms with Gasteiger partial charge in [0.05, 0.1) is 10.7 Å². The average Bonchev–Trinajstić information content (AvgIpc) is 3.20. The number of aryl methyl sites for hydroxylation is 2. The second-order valence-corrected chi connectivity index (χ2v) is 8.18. The number of carbonyl (C=O) groups excluding carboxylic acids is 2. The number of amides is 2. The molecule has 26 heavy (non-hydrogen) atoms. The molecule has 0 bridgehead atoms. The van der Waals surface area contributed by atoms with Gasteiger partial charge in [0, 0.05) is 30.4 Å². The molecule has 2 fully saturated rings. The summed E-state index contributed by atoms with van der Waals surface area (Å²) in [6.07, 6.45) is -2.72. The normalized spacial score (nSPS) is 22.1. The van der Waals surface area contributed by atoms with Gasteiger partial charge in [-0.05, 0) is 39.5 Å². The molecular formula is C17H22F3N3O2S. The number of piperidine rings is 1. The van der Waals surface area contributed by atoms with Crippen LogP contribution in [-0.4, -0.2) is 58.5 Å². The summed E-state index contributed by atoms with van der Waals surface area (Å²) in [5.41, 5.74) is 1.02. The van der Waals surface area contributed by atoms with E-state index in [1.807, 2.05) is 13.8 Å². The summed E-state index contributed by atoms with van der Waals surface area (Å²) in [5.74, 6) is -1.98. The summed E-state index contributed by atoms with van der Waals surface area (Å²) in [5, 5.41) is 1.07. The van der Waals surface area contributed by atoms with Gasteiger partial charge in [0.25, 0.3) is 0 Å². The predicted octanol–water partition coefficient (Wildman–Crippen LogP) is 3.02. The van der Waals surface area contributed by atoms with Crippen LogP contribution in [0.3, 0.4) is 0 Å². The molecule has 2 saturated heterocycles. The lowest BCUT2D eigenvalue weighted by Gasteiger charge is -2.35. The molecule has 5 nitrogen and oxygen atoms in total. The lowest BCUT2D eigenvalue weighted by atomic mass is 9.97. The Morgan fingerprint density at radius 2 is 1.77 bits per heavy atom. The number of hydrogen-bond donors (Lipinski definition) is 0. The first kappa shape index (κ1) is 19.1. The van der Waals surface area contributed by atoms with Crippen LogP contribution >= 0.6 is 11.3 Å². The van der Waals surface area contributed by atoms with Gasteiger partial charge in [0.1, 0.15) is 6.04 Å². The van der Waals surface area contributed by atoms with Gasteiger partial charge in [-0.25, -0.2) is 4.98 Å². The number of nitrogens with zero attached hydrogens (tertiary/aromatic N) is 3. The maximum absolute atomic E-state index is 12.7. The quantitative estimate of drug-likeness (QED) is 0.781. The van der Waals surface area contributed by atoms with Gasteiger partial charge in [-0.1, -0.05) is 0 Å². The van der Waals surface area contributed by atoms with E-state index in [1.165, 1.54) is 4.88 Å². The molecule has 0 radical (unpaired) electrons. The summed E-state index contributed by atoms with van der Waals surface area (Å²) >= 11 is 1.67. The molecule has 1 atom stereocenters. The molecule has 0 N–H and O–H groups in total. The van der Waals surface area contributed by atoms with Crippen molar-refractivity contribution in [2.45, 2.75) is 57.7 Å². The Morgan fingerprint density at radius 3 is 2.31 bits per heavy atom. The number of likely N-dealkylation sites (tertiary alicyclic amines) is 2. The van der Waals surface area contributed by atoms with Crippen LogP contribution in [0, 0.1) is 13.8 Å². The Bertz CT molecular complexity index is 676. The predicted molar refractivity (Wildman–Crippen MR) is 90.9 cm³/mol. The van der Waals surface area contributed by atoms with Gasteiger partial charge in [-0.15, -0.1) is 11.3 Å². The van der Waals surface area contributed by atoms with E-state index in [4.69, 9.17) is 0 Å². The fourth-order valence-electron chi connectivity index (χ4n) is 3.66. The zero-order valence-electron chi connectivity index (χ0n) is 14.8. The van der Waals surface area contributed by atoms with E-state index in [0.717, 1.165) is 23.5 Å². The molecule has 2 aliphatic heterocycles. The molecule has 2 amide bonds. The van der Waals surface area contributed by atoms with E-state index in [9.17, 15) is 22.8 Å². The molecule has 1 aromatic rings. The Balaban J connectivity index is 1.62. The standard InChI is InChI=1S/C17H22F3N3O2S/c1-10-11(2)26-14(21-10)12-5-8-22(9-6-12)15(24)13-4-3-7-23(13)16(25)17(18,19)20/h12-13H,3-9H2,1-2H3. The molecule has 3 rings (SSSR count). The van der Waals surface area contributed by atoms with Crippen molar-refractivity contribution in [3.63, 3.8) is 0 Å². The number of alkyl halides is 3. The van der Waals surface area contributed by atoms with Gasteiger partial charge in [-0.3, -0.25) is 9.59 Å². The van der Waals surface area contributed by atoms with E-state index < -0.39 is 18.1 Å². The summed E-state index contributed by atoms with van der Waals surface area (Å²) in [4.78, 5) is 32.3. The zero-order valence-corrected chi connectivity index (χ0v) is 15.6. The molecule has 1 aromatic heterocycles. The maximum Gasteiger partial charge on any atom is 0.471 e. The molecular weight excluding hydrogens is 367 g/mol. The summed E-state index contributed by atoms with van der Waals surface area (Å²) in [7, 11) is 0. The Hall–Kier alpha value is -1.64. The number of halogens is 3. The van der Waals surface area contributed by atoms with Crippen LogP contribution in [0.1, 0.15) is 47.2 Å². The van der Waals surface area contributed by atoms with Crippen molar-refractivity contribution in [2.75, 3.05) is 19.6 Å². The smallest absolute Gasteiger partial charge is 0.341 e.